The van der Waals surface area contributed by atoms with Crippen LogP contribution in [0.1, 0.15) is 37.8 Å². The van der Waals surface area contributed by atoms with Gasteiger partial charge in [0.15, 0.2) is 0 Å². The van der Waals surface area contributed by atoms with Crippen LogP contribution in [0.4, 0.5) is 4.79 Å². The van der Waals surface area contributed by atoms with Crippen LogP contribution in [0.15, 0.2) is 48.5 Å². The number of aliphatic hydroxyl groups excluding tert-OH is 1. The van der Waals surface area contributed by atoms with Crippen molar-refractivity contribution in [2.75, 3.05) is 26.2 Å². The Bertz CT molecular complexity index is 868. The fourth-order valence-electron chi connectivity index (χ4n) is 5.22. The van der Waals surface area contributed by atoms with Gasteiger partial charge in [-0.3, -0.25) is 4.90 Å². The maximum absolute atomic E-state index is 12.4. The standard InChI is InChI=1S/C25H32N2O3/c1-25(2,27(24(29)30)23-17-26-14-11-21(23)12-15-26)22-9-7-20(8-10-22)19-5-3-18(4-6-19)13-16-28/h3-10,21,23,28H,11-17H2,1-2H3,(H,29,30). The molecule has 2 aromatic rings. The van der Waals surface area contributed by atoms with Gasteiger partial charge in [-0.25, -0.2) is 4.79 Å². The van der Waals surface area contributed by atoms with E-state index in [4.69, 9.17) is 5.11 Å². The number of piperidine rings is 3. The molecule has 5 rings (SSSR count). The maximum Gasteiger partial charge on any atom is 0.408 e. The van der Waals surface area contributed by atoms with Gasteiger partial charge >= 0.3 is 6.09 Å². The van der Waals surface area contributed by atoms with Crippen molar-refractivity contribution in [2.45, 2.75) is 44.7 Å². The fraction of sp³-hybridized carbons (Fsp3) is 0.480. The van der Waals surface area contributed by atoms with Crippen LogP contribution in [0.25, 0.3) is 11.1 Å². The highest BCUT2D eigenvalue weighted by atomic mass is 16.4. The van der Waals surface area contributed by atoms with E-state index in [1.54, 1.807) is 4.90 Å². The number of nitrogens with zero attached hydrogens (tertiary/aromatic N) is 2. The summed E-state index contributed by atoms with van der Waals surface area (Å²) in [5.74, 6) is 0.460. The third-order valence-electron chi connectivity index (χ3n) is 7.04. The van der Waals surface area contributed by atoms with E-state index < -0.39 is 11.6 Å². The average molecular weight is 409 g/mol. The molecule has 3 aliphatic heterocycles. The van der Waals surface area contributed by atoms with Crippen LogP contribution in [-0.4, -0.2) is 58.4 Å². The first kappa shape index (κ1) is 20.9. The molecule has 3 aliphatic rings. The summed E-state index contributed by atoms with van der Waals surface area (Å²) in [5.41, 5.74) is 3.76. The normalized spacial score (nSPS) is 23.4. The molecule has 0 saturated carbocycles. The molecule has 3 saturated heterocycles. The zero-order valence-electron chi connectivity index (χ0n) is 17.9. The highest BCUT2D eigenvalue weighted by Gasteiger charge is 2.45. The van der Waals surface area contributed by atoms with E-state index in [1.165, 1.54) is 0 Å². The summed E-state index contributed by atoms with van der Waals surface area (Å²) < 4.78 is 0. The lowest BCUT2D eigenvalue weighted by Gasteiger charge is -2.52. The Labute approximate surface area is 178 Å². The Kier molecular flexibility index (Phi) is 5.85. The molecule has 0 aliphatic carbocycles. The quantitative estimate of drug-likeness (QED) is 0.752. The molecule has 5 heteroatoms. The van der Waals surface area contributed by atoms with Gasteiger partial charge < -0.3 is 15.1 Å². The van der Waals surface area contributed by atoms with Crippen molar-refractivity contribution in [2.24, 2.45) is 5.92 Å². The molecular formula is C25H32N2O3. The van der Waals surface area contributed by atoms with Crippen LogP contribution >= 0.6 is 0 Å². The molecule has 2 aromatic carbocycles. The van der Waals surface area contributed by atoms with Crippen molar-refractivity contribution in [3.05, 3.63) is 59.7 Å². The fourth-order valence-corrected chi connectivity index (χ4v) is 5.22. The van der Waals surface area contributed by atoms with E-state index in [2.05, 4.69) is 41.3 Å². The SMILES string of the molecule is CC(C)(c1ccc(-c2ccc(CCO)cc2)cc1)N(C(=O)O)C1CN2CCC1CC2. The molecule has 5 nitrogen and oxygen atoms in total. The summed E-state index contributed by atoms with van der Waals surface area (Å²) >= 11 is 0. The van der Waals surface area contributed by atoms with Crippen molar-refractivity contribution < 1.29 is 15.0 Å². The second kappa shape index (κ2) is 8.40. The van der Waals surface area contributed by atoms with E-state index in [1.807, 2.05) is 26.0 Å². The van der Waals surface area contributed by atoms with Crippen molar-refractivity contribution in [1.29, 1.82) is 0 Å². The van der Waals surface area contributed by atoms with Crippen LogP contribution in [-0.2, 0) is 12.0 Å². The largest absolute Gasteiger partial charge is 0.465 e. The number of hydrogen-bond acceptors (Lipinski definition) is 3. The molecule has 2 bridgehead atoms. The van der Waals surface area contributed by atoms with E-state index >= 15 is 0 Å². The van der Waals surface area contributed by atoms with Gasteiger partial charge in [0.05, 0.1) is 11.6 Å². The molecule has 0 aromatic heterocycles. The Balaban J connectivity index is 1.57. The Morgan fingerprint density at radius 3 is 2.07 bits per heavy atom. The van der Waals surface area contributed by atoms with Crippen molar-refractivity contribution in [3.63, 3.8) is 0 Å². The van der Waals surface area contributed by atoms with Crippen LogP contribution < -0.4 is 0 Å². The van der Waals surface area contributed by atoms with E-state index in [0.717, 1.165) is 54.7 Å². The third kappa shape index (κ3) is 3.96. The summed E-state index contributed by atoms with van der Waals surface area (Å²) in [4.78, 5) is 16.5. The zero-order chi connectivity index (χ0) is 21.3. The summed E-state index contributed by atoms with van der Waals surface area (Å²) in [7, 11) is 0. The Hall–Kier alpha value is -2.37. The number of amides is 1. The summed E-state index contributed by atoms with van der Waals surface area (Å²) in [6.45, 7) is 7.25. The van der Waals surface area contributed by atoms with E-state index in [0.29, 0.717) is 12.3 Å². The predicted octanol–water partition coefficient (Wildman–Crippen LogP) is 4.20. The zero-order valence-corrected chi connectivity index (χ0v) is 17.9. The van der Waals surface area contributed by atoms with Gasteiger partial charge in [-0.05, 0) is 74.4 Å². The van der Waals surface area contributed by atoms with E-state index in [-0.39, 0.29) is 12.6 Å². The van der Waals surface area contributed by atoms with Crippen molar-refractivity contribution in [1.82, 2.24) is 9.80 Å². The molecule has 0 spiro atoms. The predicted molar refractivity (Wildman–Crippen MR) is 119 cm³/mol. The lowest BCUT2D eigenvalue weighted by Crippen LogP contribution is -2.62. The van der Waals surface area contributed by atoms with Gasteiger partial charge in [-0.1, -0.05) is 48.5 Å². The lowest BCUT2D eigenvalue weighted by atomic mass is 9.80. The maximum atomic E-state index is 12.4. The molecule has 2 N–H and O–H groups in total. The van der Waals surface area contributed by atoms with E-state index in [9.17, 15) is 9.90 Å². The smallest absolute Gasteiger partial charge is 0.408 e. The molecular weight excluding hydrogens is 376 g/mol. The first-order valence-electron chi connectivity index (χ1n) is 11.0. The van der Waals surface area contributed by atoms with Gasteiger partial charge in [0, 0.05) is 13.2 Å². The highest BCUT2D eigenvalue weighted by molar-refractivity contribution is 5.68. The minimum Gasteiger partial charge on any atom is -0.465 e. The van der Waals surface area contributed by atoms with Crippen LogP contribution in [0.3, 0.4) is 0 Å². The first-order valence-corrected chi connectivity index (χ1v) is 11.0. The molecule has 160 valence electrons. The van der Waals surface area contributed by atoms with Crippen LogP contribution in [0, 0.1) is 5.92 Å². The minimum atomic E-state index is -0.831. The second-order valence-corrected chi connectivity index (χ2v) is 9.16. The number of fused-ring (bicyclic) bond motifs is 3. The Morgan fingerprint density at radius 2 is 1.60 bits per heavy atom. The summed E-state index contributed by atoms with van der Waals surface area (Å²) in [5, 5.41) is 19.2. The molecule has 0 radical (unpaired) electrons. The topological polar surface area (TPSA) is 64.0 Å². The monoisotopic (exact) mass is 408 g/mol. The van der Waals surface area contributed by atoms with Crippen LogP contribution in [0.5, 0.6) is 0 Å². The van der Waals surface area contributed by atoms with Crippen molar-refractivity contribution >= 4 is 6.09 Å². The molecule has 3 fully saturated rings. The average Bonchev–Trinajstić information content (AvgIpc) is 2.75. The second-order valence-electron chi connectivity index (χ2n) is 9.16. The Morgan fingerprint density at radius 1 is 1.03 bits per heavy atom. The summed E-state index contributed by atoms with van der Waals surface area (Å²) in [6.07, 6.45) is 2.02. The van der Waals surface area contributed by atoms with Crippen LogP contribution in [0.2, 0.25) is 0 Å². The number of rotatable bonds is 6. The molecule has 1 unspecified atom stereocenters. The number of hydrogen-bond donors (Lipinski definition) is 2. The van der Waals surface area contributed by atoms with Gasteiger partial charge in [0.25, 0.3) is 0 Å². The number of carbonyl (C=O) groups is 1. The van der Waals surface area contributed by atoms with Gasteiger partial charge in [-0.15, -0.1) is 0 Å². The van der Waals surface area contributed by atoms with Gasteiger partial charge in [0.2, 0.25) is 0 Å². The minimum absolute atomic E-state index is 0.0544. The number of aliphatic hydroxyl groups is 1. The number of benzene rings is 2. The molecule has 1 amide bonds. The number of carboxylic acid groups (broad SMARTS) is 1. The first-order chi connectivity index (χ1) is 14.4. The highest BCUT2D eigenvalue weighted by Crippen LogP contribution is 2.38. The molecule has 1 atom stereocenters. The summed E-state index contributed by atoms with van der Waals surface area (Å²) in [6, 6.07) is 16.6. The molecule has 3 heterocycles. The van der Waals surface area contributed by atoms with Gasteiger partial charge in [0.1, 0.15) is 0 Å². The lowest BCUT2D eigenvalue weighted by molar-refractivity contribution is -0.0289. The van der Waals surface area contributed by atoms with Crippen molar-refractivity contribution in [3.8, 4) is 11.1 Å². The third-order valence-corrected chi connectivity index (χ3v) is 7.04. The molecule has 30 heavy (non-hydrogen) atoms. The van der Waals surface area contributed by atoms with Gasteiger partial charge in [-0.2, -0.15) is 0 Å².